The van der Waals surface area contributed by atoms with E-state index >= 15 is 0 Å². The number of nitrogens with one attached hydrogen (secondary N) is 1. The van der Waals surface area contributed by atoms with Crippen LogP contribution in [0.4, 0.5) is 0 Å². The van der Waals surface area contributed by atoms with Gasteiger partial charge in [-0.25, -0.2) is 0 Å². The van der Waals surface area contributed by atoms with Crippen molar-refractivity contribution in [3.63, 3.8) is 0 Å². The minimum atomic E-state index is -1.14. The first-order chi connectivity index (χ1) is 7.75. The van der Waals surface area contributed by atoms with Gasteiger partial charge in [-0.05, 0) is 5.56 Å². The maximum absolute atomic E-state index is 11.5. The molecule has 0 radical (unpaired) electrons. The molecule has 4 N–H and O–H groups in total. The monoisotopic (exact) mass is 224 g/mol. The second kappa shape index (κ2) is 6.95. The van der Waals surface area contributed by atoms with Crippen molar-refractivity contribution >= 4 is 5.91 Å². The minimum Gasteiger partial charge on any atom is -0.636 e. The van der Waals surface area contributed by atoms with Crippen molar-refractivity contribution in [2.45, 2.75) is 12.5 Å². The number of carbonyl (C=O) groups is 1. The molecule has 0 saturated heterocycles. The highest BCUT2D eigenvalue weighted by molar-refractivity contribution is 5.81. The lowest BCUT2D eigenvalue weighted by Crippen LogP contribution is -2.77. The largest absolute Gasteiger partial charge is 0.636 e. The maximum Gasteiger partial charge on any atom is 0.253 e. The average Bonchev–Trinajstić information content (AvgIpc) is 2.34. The summed E-state index contributed by atoms with van der Waals surface area (Å²) in [5, 5.41) is 22.3. The molecule has 0 heterocycles. The van der Waals surface area contributed by atoms with Gasteiger partial charge in [0.1, 0.15) is 0 Å². The van der Waals surface area contributed by atoms with Crippen LogP contribution in [0.2, 0.25) is 0 Å². The molecule has 1 atom stereocenters. The van der Waals surface area contributed by atoms with Crippen LogP contribution in [0.15, 0.2) is 30.3 Å². The predicted molar refractivity (Wildman–Crippen MR) is 59.2 cm³/mol. The summed E-state index contributed by atoms with van der Waals surface area (Å²) in [5.74, 6) is -0.433. The summed E-state index contributed by atoms with van der Waals surface area (Å²) in [4.78, 5) is 11.5. The standard InChI is InChI=1S/C11H16N2O3/c14-10(9-5-2-1-3-6-9)11(15)12-7-4-8-13-16/h1-3,5-6,10,14H,4,7-8,13H2,(H,12,15). The molecule has 0 saturated carbocycles. The van der Waals surface area contributed by atoms with E-state index in [2.05, 4.69) is 5.32 Å². The molecule has 5 heteroatoms. The van der Waals surface area contributed by atoms with Crippen LogP contribution in [0, 0.1) is 5.21 Å². The van der Waals surface area contributed by atoms with Crippen LogP contribution in [0.1, 0.15) is 18.1 Å². The van der Waals surface area contributed by atoms with E-state index in [1.165, 1.54) is 0 Å². The first-order valence-electron chi connectivity index (χ1n) is 5.20. The first kappa shape index (κ1) is 12.6. The Bertz CT molecular complexity index is 316. The van der Waals surface area contributed by atoms with Crippen molar-refractivity contribution < 1.29 is 15.4 Å². The zero-order chi connectivity index (χ0) is 11.8. The van der Waals surface area contributed by atoms with E-state index in [4.69, 9.17) is 0 Å². The molecule has 5 nitrogen and oxygen atoms in total. The van der Waals surface area contributed by atoms with Crippen molar-refractivity contribution in [2.75, 3.05) is 13.1 Å². The molecule has 0 aliphatic heterocycles. The van der Waals surface area contributed by atoms with Gasteiger partial charge < -0.3 is 21.1 Å². The van der Waals surface area contributed by atoms with Crippen molar-refractivity contribution in [3.8, 4) is 0 Å². The number of quaternary nitrogens is 1. The molecule has 0 aliphatic rings. The van der Waals surface area contributed by atoms with Crippen molar-refractivity contribution in [3.05, 3.63) is 41.1 Å². The quantitative estimate of drug-likeness (QED) is 0.440. The SMILES string of the molecule is O=C(NCCC[NH2+][O-])C(O)c1ccccc1. The van der Waals surface area contributed by atoms with Gasteiger partial charge in [0.25, 0.3) is 5.91 Å². The summed E-state index contributed by atoms with van der Waals surface area (Å²) in [7, 11) is 0. The Morgan fingerprint density at radius 2 is 2.12 bits per heavy atom. The van der Waals surface area contributed by atoms with E-state index in [9.17, 15) is 15.1 Å². The van der Waals surface area contributed by atoms with E-state index in [1.54, 1.807) is 24.3 Å². The fraction of sp³-hybridized carbons (Fsp3) is 0.364. The molecule has 1 unspecified atom stereocenters. The zero-order valence-electron chi connectivity index (χ0n) is 8.93. The Balaban J connectivity index is 2.37. The highest BCUT2D eigenvalue weighted by Crippen LogP contribution is 2.11. The van der Waals surface area contributed by atoms with Gasteiger partial charge in [-0.2, -0.15) is 0 Å². The van der Waals surface area contributed by atoms with E-state index in [1.807, 2.05) is 6.07 Å². The van der Waals surface area contributed by atoms with Gasteiger partial charge in [0.2, 0.25) is 0 Å². The molecule has 1 rings (SSSR count). The molecule has 1 amide bonds. The summed E-state index contributed by atoms with van der Waals surface area (Å²) in [5.41, 5.74) is 1.37. The number of aliphatic hydroxyl groups is 1. The average molecular weight is 224 g/mol. The zero-order valence-corrected chi connectivity index (χ0v) is 8.93. The number of nitrogens with two attached hydrogens (primary N) is 1. The molecule has 0 aromatic heterocycles. The maximum atomic E-state index is 11.5. The molecule has 1 aromatic carbocycles. The Labute approximate surface area is 94.1 Å². The Morgan fingerprint density at radius 3 is 2.75 bits per heavy atom. The molecule has 1 aromatic rings. The third kappa shape index (κ3) is 3.98. The van der Waals surface area contributed by atoms with Crippen LogP contribution in [0.3, 0.4) is 0 Å². The molecular formula is C11H16N2O3. The van der Waals surface area contributed by atoms with E-state index in [0.29, 0.717) is 25.1 Å². The number of carbonyl (C=O) groups excluding carboxylic acids is 1. The Kier molecular flexibility index (Phi) is 5.49. The Hall–Kier alpha value is -1.43. The minimum absolute atomic E-state index is 0.404. The highest BCUT2D eigenvalue weighted by Gasteiger charge is 2.15. The second-order valence-electron chi connectivity index (χ2n) is 3.41. The number of hydrogen-bond donors (Lipinski definition) is 3. The molecule has 0 bridgehead atoms. The Morgan fingerprint density at radius 1 is 1.44 bits per heavy atom. The molecule has 16 heavy (non-hydrogen) atoms. The van der Waals surface area contributed by atoms with Crippen molar-refractivity contribution in [1.82, 2.24) is 5.32 Å². The van der Waals surface area contributed by atoms with Crippen LogP contribution in [-0.4, -0.2) is 24.1 Å². The van der Waals surface area contributed by atoms with E-state index in [-0.39, 0.29) is 0 Å². The number of benzene rings is 1. The van der Waals surface area contributed by atoms with Gasteiger partial charge in [-0.3, -0.25) is 4.79 Å². The van der Waals surface area contributed by atoms with E-state index in [0.717, 1.165) is 5.48 Å². The van der Waals surface area contributed by atoms with Crippen LogP contribution < -0.4 is 10.8 Å². The lowest BCUT2D eigenvalue weighted by atomic mass is 10.1. The topological polar surface area (TPSA) is 89.0 Å². The molecule has 0 spiro atoms. The summed E-state index contributed by atoms with van der Waals surface area (Å²) in [6.45, 7) is 0.823. The van der Waals surface area contributed by atoms with Gasteiger partial charge in [0.15, 0.2) is 6.10 Å². The van der Waals surface area contributed by atoms with Crippen LogP contribution in [0.5, 0.6) is 0 Å². The summed E-state index contributed by atoms with van der Waals surface area (Å²) in [6, 6.07) is 8.72. The number of rotatable bonds is 6. The normalized spacial score (nSPS) is 12.1. The lowest BCUT2D eigenvalue weighted by Gasteiger charge is -2.11. The summed E-state index contributed by atoms with van der Waals surface area (Å²) in [6.07, 6.45) is -0.547. The molecule has 88 valence electrons. The van der Waals surface area contributed by atoms with Gasteiger partial charge in [0, 0.05) is 13.0 Å². The second-order valence-corrected chi connectivity index (χ2v) is 3.41. The van der Waals surface area contributed by atoms with Gasteiger partial charge in [0.05, 0.1) is 6.54 Å². The van der Waals surface area contributed by atoms with Crippen LogP contribution in [0.25, 0.3) is 0 Å². The fourth-order valence-electron chi connectivity index (χ4n) is 1.28. The number of amides is 1. The third-order valence-electron chi connectivity index (χ3n) is 2.16. The smallest absolute Gasteiger partial charge is 0.253 e. The number of aliphatic hydroxyl groups excluding tert-OH is 1. The molecule has 0 fully saturated rings. The fourth-order valence-corrected chi connectivity index (χ4v) is 1.28. The lowest BCUT2D eigenvalue weighted by molar-refractivity contribution is -0.588. The van der Waals surface area contributed by atoms with Crippen molar-refractivity contribution in [1.29, 1.82) is 0 Å². The molecule has 0 aliphatic carbocycles. The predicted octanol–water partition coefficient (Wildman–Crippen LogP) is -0.712. The highest BCUT2D eigenvalue weighted by atomic mass is 16.5. The number of hydrogen-bond acceptors (Lipinski definition) is 3. The van der Waals surface area contributed by atoms with Crippen molar-refractivity contribution in [2.24, 2.45) is 0 Å². The van der Waals surface area contributed by atoms with E-state index < -0.39 is 12.0 Å². The summed E-state index contributed by atoms with van der Waals surface area (Å²) < 4.78 is 0. The third-order valence-corrected chi connectivity index (χ3v) is 2.16. The number of hydroxylamine groups is 1. The molecular weight excluding hydrogens is 208 g/mol. The van der Waals surface area contributed by atoms with Crippen LogP contribution in [-0.2, 0) is 4.79 Å². The summed E-state index contributed by atoms with van der Waals surface area (Å²) >= 11 is 0. The van der Waals surface area contributed by atoms with Crippen LogP contribution >= 0.6 is 0 Å². The van der Waals surface area contributed by atoms with Gasteiger partial charge >= 0.3 is 0 Å². The van der Waals surface area contributed by atoms with Gasteiger partial charge in [-0.15, -0.1) is 0 Å². The first-order valence-corrected chi connectivity index (χ1v) is 5.20. The van der Waals surface area contributed by atoms with Gasteiger partial charge in [-0.1, -0.05) is 30.3 Å².